The molecule has 1 fully saturated rings. The van der Waals surface area contributed by atoms with Crippen molar-refractivity contribution < 1.29 is 5.11 Å². The number of aliphatic hydroxyl groups is 1. The molecule has 2 atom stereocenters. The Morgan fingerprint density at radius 1 is 1.42 bits per heavy atom. The number of nitrogens with one attached hydrogen (secondary N) is 1. The molecule has 0 aliphatic heterocycles. The smallest absolute Gasteiger partial charge is 0.0695 e. The van der Waals surface area contributed by atoms with Gasteiger partial charge in [-0.3, -0.25) is 9.88 Å². The largest absolute Gasteiger partial charge is 0.391 e. The summed E-state index contributed by atoms with van der Waals surface area (Å²) in [6.07, 6.45) is 6.05. The first kappa shape index (κ1) is 14.3. The van der Waals surface area contributed by atoms with Gasteiger partial charge in [-0.1, -0.05) is 12.8 Å². The number of hydrogen-bond acceptors (Lipinski definition) is 4. The van der Waals surface area contributed by atoms with Crippen LogP contribution >= 0.6 is 0 Å². The van der Waals surface area contributed by atoms with E-state index in [1.165, 1.54) is 6.42 Å². The molecule has 1 aromatic heterocycles. The zero-order valence-electron chi connectivity index (χ0n) is 12.0. The molecule has 4 nitrogen and oxygen atoms in total. The van der Waals surface area contributed by atoms with Gasteiger partial charge < -0.3 is 10.4 Å². The summed E-state index contributed by atoms with van der Waals surface area (Å²) in [5, 5.41) is 13.4. The Morgan fingerprint density at radius 2 is 2.21 bits per heavy atom. The van der Waals surface area contributed by atoms with E-state index in [0.717, 1.165) is 43.7 Å². The van der Waals surface area contributed by atoms with Crippen LogP contribution in [0, 0.1) is 0 Å². The van der Waals surface area contributed by atoms with Crippen LogP contribution in [0.2, 0.25) is 0 Å². The molecule has 1 aliphatic rings. The molecule has 19 heavy (non-hydrogen) atoms. The van der Waals surface area contributed by atoms with Crippen LogP contribution in [0.1, 0.15) is 38.3 Å². The molecule has 2 unspecified atom stereocenters. The normalized spacial score (nSPS) is 23.6. The number of aliphatic hydroxyl groups excluding tert-OH is 1. The minimum Gasteiger partial charge on any atom is -0.391 e. The number of likely N-dealkylation sites (N-methyl/N-ethyl adjacent to an activating group) is 1. The predicted octanol–water partition coefficient (Wildman–Crippen LogP) is 2.25. The Morgan fingerprint density at radius 3 is 2.95 bits per heavy atom. The number of pyridine rings is 1. The topological polar surface area (TPSA) is 48.4 Å². The van der Waals surface area contributed by atoms with Gasteiger partial charge in [0.05, 0.1) is 11.8 Å². The van der Waals surface area contributed by atoms with Crippen LogP contribution in [0.3, 0.4) is 0 Å². The van der Waals surface area contributed by atoms with E-state index in [9.17, 15) is 5.11 Å². The van der Waals surface area contributed by atoms with E-state index in [4.69, 9.17) is 0 Å². The molecular weight excluding hydrogens is 238 g/mol. The maximum absolute atomic E-state index is 10.1. The van der Waals surface area contributed by atoms with Gasteiger partial charge in [-0.15, -0.1) is 0 Å². The molecule has 1 saturated carbocycles. The van der Waals surface area contributed by atoms with Gasteiger partial charge in [0.25, 0.3) is 0 Å². The second-order valence-corrected chi connectivity index (χ2v) is 5.40. The number of aromatic nitrogens is 1. The number of nitrogens with zero attached hydrogens (tertiary/aromatic N) is 2. The number of anilines is 1. The van der Waals surface area contributed by atoms with Crippen molar-refractivity contribution in [1.82, 2.24) is 9.88 Å². The van der Waals surface area contributed by atoms with Crippen LogP contribution in [-0.2, 0) is 6.54 Å². The van der Waals surface area contributed by atoms with E-state index in [1.54, 1.807) is 0 Å². The van der Waals surface area contributed by atoms with Crippen molar-refractivity contribution in [3.05, 3.63) is 24.0 Å². The Balaban J connectivity index is 1.97. The molecule has 1 heterocycles. The summed E-state index contributed by atoms with van der Waals surface area (Å²) < 4.78 is 0. The average Bonchev–Trinajstić information content (AvgIpc) is 2.40. The molecule has 0 aromatic carbocycles. The van der Waals surface area contributed by atoms with Crippen molar-refractivity contribution in [3.63, 3.8) is 0 Å². The molecule has 106 valence electrons. The summed E-state index contributed by atoms with van der Waals surface area (Å²) >= 11 is 0. The molecular formula is C15H25N3O. The molecule has 2 N–H and O–H groups in total. The second kappa shape index (κ2) is 6.87. The van der Waals surface area contributed by atoms with Gasteiger partial charge in [-0.05, 0) is 38.9 Å². The van der Waals surface area contributed by atoms with Crippen molar-refractivity contribution in [1.29, 1.82) is 0 Å². The van der Waals surface area contributed by atoms with Crippen LogP contribution in [0.15, 0.2) is 18.3 Å². The lowest BCUT2D eigenvalue weighted by atomic mass is 9.91. The Labute approximate surface area is 115 Å². The molecule has 1 aromatic rings. The van der Waals surface area contributed by atoms with Crippen molar-refractivity contribution >= 4 is 5.69 Å². The van der Waals surface area contributed by atoms with Gasteiger partial charge in [0, 0.05) is 31.0 Å². The van der Waals surface area contributed by atoms with Gasteiger partial charge in [-0.2, -0.15) is 0 Å². The van der Waals surface area contributed by atoms with Crippen LogP contribution in [0.5, 0.6) is 0 Å². The van der Waals surface area contributed by atoms with E-state index in [2.05, 4.69) is 35.2 Å². The molecule has 2 rings (SSSR count). The lowest BCUT2D eigenvalue weighted by molar-refractivity contribution is 0.0283. The highest BCUT2D eigenvalue weighted by molar-refractivity contribution is 5.42. The van der Waals surface area contributed by atoms with Crippen molar-refractivity contribution in [3.8, 4) is 0 Å². The Hall–Kier alpha value is -1.13. The van der Waals surface area contributed by atoms with E-state index in [0.29, 0.717) is 0 Å². The summed E-state index contributed by atoms with van der Waals surface area (Å²) in [5.41, 5.74) is 2.17. The minimum atomic E-state index is -0.185. The maximum atomic E-state index is 10.1. The lowest BCUT2D eigenvalue weighted by Gasteiger charge is -2.35. The Kier molecular flexibility index (Phi) is 5.16. The summed E-state index contributed by atoms with van der Waals surface area (Å²) in [6, 6.07) is 4.36. The fourth-order valence-corrected chi connectivity index (χ4v) is 2.86. The monoisotopic (exact) mass is 263 g/mol. The van der Waals surface area contributed by atoms with Gasteiger partial charge in [0.1, 0.15) is 0 Å². The zero-order chi connectivity index (χ0) is 13.7. The zero-order valence-corrected chi connectivity index (χ0v) is 12.0. The SMILES string of the molecule is CCNc1ccnc(CN(C)C2CCCCC2O)c1. The first-order valence-electron chi connectivity index (χ1n) is 7.28. The van der Waals surface area contributed by atoms with Crippen LogP contribution in [0.4, 0.5) is 5.69 Å². The summed E-state index contributed by atoms with van der Waals surface area (Å²) in [4.78, 5) is 6.66. The van der Waals surface area contributed by atoms with Gasteiger partial charge in [0.15, 0.2) is 0 Å². The molecule has 0 spiro atoms. The summed E-state index contributed by atoms with van der Waals surface area (Å²) in [5.74, 6) is 0. The molecule has 0 radical (unpaired) electrons. The fourth-order valence-electron chi connectivity index (χ4n) is 2.86. The minimum absolute atomic E-state index is 0.185. The van der Waals surface area contributed by atoms with E-state index < -0.39 is 0 Å². The third-order valence-corrected chi connectivity index (χ3v) is 3.87. The second-order valence-electron chi connectivity index (χ2n) is 5.40. The van der Waals surface area contributed by atoms with Gasteiger partial charge in [0.2, 0.25) is 0 Å². The summed E-state index contributed by atoms with van der Waals surface area (Å²) in [6.45, 7) is 3.80. The van der Waals surface area contributed by atoms with Crippen LogP contribution in [0.25, 0.3) is 0 Å². The summed E-state index contributed by atoms with van der Waals surface area (Å²) in [7, 11) is 2.08. The molecule has 0 bridgehead atoms. The highest BCUT2D eigenvalue weighted by Crippen LogP contribution is 2.23. The third-order valence-electron chi connectivity index (χ3n) is 3.87. The molecule has 1 aliphatic carbocycles. The van der Waals surface area contributed by atoms with Crippen LogP contribution in [-0.4, -0.2) is 40.7 Å². The standard InChI is InChI=1S/C15H25N3O/c1-3-16-12-8-9-17-13(10-12)11-18(2)14-6-4-5-7-15(14)19/h8-10,14-15,19H,3-7,11H2,1-2H3,(H,16,17). The highest BCUT2D eigenvalue weighted by atomic mass is 16.3. The van der Waals surface area contributed by atoms with Crippen LogP contribution < -0.4 is 5.32 Å². The van der Waals surface area contributed by atoms with Crippen molar-refractivity contribution in [2.45, 2.75) is 51.3 Å². The van der Waals surface area contributed by atoms with Crippen molar-refractivity contribution in [2.75, 3.05) is 18.9 Å². The van der Waals surface area contributed by atoms with Gasteiger partial charge >= 0.3 is 0 Å². The van der Waals surface area contributed by atoms with Gasteiger partial charge in [-0.25, -0.2) is 0 Å². The Bertz CT molecular complexity index is 397. The predicted molar refractivity (Wildman–Crippen MR) is 78.1 cm³/mol. The quantitative estimate of drug-likeness (QED) is 0.855. The maximum Gasteiger partial charge on any atom is 0.0695 e. The molecule has 0 saturated heterocycles. The number of rotatable bonds is 5. The molecule has 0 amide bonds. The van der Waals surface area contributed by atoms with E-state index >= 15 is 0 Å². The fraction of sp³-hybridized carbons (Fsp3) is 0.667. The molecule has 4 heteroatoms. The first-order chi connectivity index (χ1) is 9.20. The average molecular weight is 263 g/mol. The van der Waals surface area contributed by atoms with E-state index in [1.807, 2.05) is 12.3 Å². The lowest BCUT2D eigenvalue weighted by Crippen LogP contribution is -2.43. The van der Waals surface area contributed by atoms with Crippen molar-refractivity contribution in [2.24, 2.45) is 0 Å². The first-order valence-corrected chi connectivity index (χ1v) is 7.28. The third kappa shape index (κ3) is 3.91. The van der Waals surface area contributed by atoms with E-state index in [-0.39, 0.29) is 12.1 Å². The number of hydrogen-bond donors (Lipinski definition) is 2. The highest BCUT2D eigenvalue weighted by Gasteiger charge is 2.26.